The Morgan fingerprint density at radius 3 is 2.56 bits per heavy atom. The number of hydrogen-bond acceptors (Lipinski definition) is 4. The van der Waals surface area contributed by atoms with Crippen molar-refractivity contribution in [1.29, 1.82) is 0 Å². The number of likely N-dealkylation sites (N-methyl/N-ethyl adjacent to an activating group) is 1. The van der Waals surface area contributed by atoms with Gasteiger partial charge in [-0.05, 0) is 17.5 Å². The zero-order valence-electron chi connectivity index (χ0n) is 16.3. The van der Waals surface area contributed by atoms with Gasteiger partial charge in [0.1, 0.15) is 6.04 Å². The Kier molecular flexibility index (Phi) is 7.36. The Morgan fingerprint density at radius 2 is 1.96 bits per heavy atom. The number of carbonyl (C=O) groups excluding carboxylic acids is 3. The summed E-state index contributed by atoms with van der Waals surface area (Å²) in [7, 11) is 3.36. The minimum atomic E-state index is -0.574. The summed E-state index contributed by atoms with van der Waals surface area (Å²) in [6, 6.07) is 7.24. The monoisotopic (exact) mass is 375 g/mol. The van der Waals surface area contributed by atoms with E-state index in [0.29, 0.717) is 30.9 Å². The third-order valence-electron chi connectivity index (χ3n) is 5.04. The Hall–Kier alpha value is -2.41. The molecule has 0 radical (unpaired) electrons. The normalized spacial score (nSPS) is 17.0. The molecule has 2 rings (SSSR count). The second-order valence-electron chi connectivity index (χ2n) is 7.25. The highest BCUT2D eigenvalue weighted by molar-refractivity contribution is 5.89. The molecule has 1 heterocycles. The van der Waals surface area contributed by atoms with Gasteiger partial charge in [0.25, 0.3) is 0 Å². The molecule has 0 saturated carbocycles. The van der Waals surface area contributed by atoms with Gasteiger partial charge >= 0.3 is 0 Å². The van der Waals surface area contributed by atoms with Crippen LogP contribution in [0.3, 0.4) is 0 Å². The molecule has 3 amide bonds. The van der Waals surface area contributed by atoms with Crippen LogP contribution in [0, 0.1) is 5.92 Å². The SMILES string of the molecule is CCCCC(CN(O)C=O)C(=O)N1Cc2ccccc2CC1C(=O)N(C)C. The van der Waals surface area contributed by atoms with Crippen LogP contribution in [0.1, 0.15) is 37.3 Å². The largest absolute Gasteiger partial charge is 0.347 e. The predicted molar refractivity (Wildman–Crippen MR) is 101 cm³/mol. The van der Waals surface area contributed by atoms with Crippen molar-refractivity contribution in [3.8, 4) is 0 Å². The number of benzene rings is 1. The average Bonchev–Trinajstić information content (AvgIpc) is 2.68. The molecule has 1 aliphatic rings. The first-order valence-corrected chi connectivity index (χ1v) is 9.38. The van der Waals surface area contributed by atoms with E-state index in [1.54, 1.807) is 19.0 Å². The average molecular weight is 375 g/mol. The lowest BCUT2D eigenvalue weighted by molar-refractivity contribution is -0.160. The maximum atomic E-state index is 13.3. The van der Waals surface area contributed by atoms with Gasteiger partial charge in [0.05, 0.1) is 12.5 Å². The maximum absolute atomic E-state index is 13.3. The van der Waals surface area contributed by atoms with Gasteiger partial charge < -0.3 is 9.80 Å². The summed E-state index contributed by atoms with van der Waals surface area (Å²) in [4.78, 5) is 40.0. The van der Waals surface area contributed by atoms with Gasteiger partial charge in [-0.3, -0.25) is 19.6 Å². The highest BCUT2D eigenvalue weighted by Crippen LogP contribution is 2.27. The fraction of sp³-hybridized carbons (Fsp3) is 0.550. The van der Waals surface area contributed by atoms with Crippen molar-refractivity contribution in [3.63, 3.8) is 0 Å². The smallest absolute Gasteiger partial charge is 0.245 e. The number of rotatable bonds is 8. The van der Waals surface area contributed by atoms with E-state index in [2.05, 4.69) is 0 Å². The van der Waals surface area contributed by atoms with Crippen LogP contribution in [0.4, 0.5) is 0 Å². The second kappa shape index (κ2) is 9.50. The number of amides is 3. The Morgan fingerprint density at radius 1 is 1.30 bits per heavy atom. The minimum Gasteiger partial charge on any atom is -0.347 e. The highest BCUT2D eigenvalue weighted by atomic mass is 16.5. The molecule has 0 bridgehead atoms. The molecule has 1 aromatic rings. The molecule has 7 heteroatoms. The molecule has 1 aromatic carbocycles. The zero-order valence-corrected chi connectivity index (χ0v) is 16.3. The first-order valence-electron chi connectivity index (χ1n) is 9.38. The minimum absolute atomic E-state index is 0.0661. The van der Waals surface area contributed by atoms with E-state index >= 15 is 0 Å². The molecule has 148 valence electrons. The summed E-state index contributed by atoms with van der Waals surface area (Å²) in [5.41, 5.74) is 2.10. The van der Waals surface area contributed by atoms with E-state index in [9.17, 15) is 19.6 Å². The first-order chi connectivity index (χ1) is 12.9. The van der Waals surface area contributed by atoms with Crippen LogP contribution in [0.5, 0.6) is 0 Å². The molecule has 0 saturated heterocycles. The molecule has 2 unspecified atom stereocenters. The molecule has 0 spiro atoms. The van der Waals surface area contributed by atoms with Crippen molar-refractivity contribution in [1.82, 2.24) is 14.9 Å². The summed E-state index contributed by atoms with van der Waals surface area (Å²) in [6.07, 6.45) is 3.04. The van der Waals surface area contributed by atoms with Gasteiger partial charge in [-0.15, -0.1) is 0 Å². The number of nitrogens with zero attached hydrogens (tertiary/aromatic N) is 3. The van der Waals surface area contributed by atoms with E-state index in [4.69, 9.17) is 0 Å². The number of carbonyl (C=O) groups is 3. The number of hydroxylamine groups is 2. The van der Waals surface area contributed by atoms with Crippen LogP contribution in [-0.4, -0.2) is 65.0 Å². The van der Waals surface area contributed by atoms with Crippen LogP contribution in [-0.2, 0) is 27.3 Å². The van der Waals surface area contributed by atoms with Gasteiger partial charge in [-0.25, -0.2) is 5.06 Å². The van der Waals surface area contributed by atoms with Gasteiger partial charge in [-0.1, -0.05) is 44.0 Å². The zero-order chi connectivity index (χ0) is 20.0. The highest BCUT2D eigenvalue weighted by Gasteiger charge is 2.38. The van der Waals surface area contributed by atoms with Crippen molar-refractivity contribution < 1.29 is 19.6 Å². The summed E-state index contributed by atoms with van der Waals surface area (Å²) >= 11 is 0. The van der Waals surface area contributed by atoms with Gasteiger partial charge in [0.15, 0.2) is 0 Å². The third kappa shape index (κ3) is 5.07. The lowest BCUT2D eigenvalue weighted by atomic mass is 9.91. The van der Waals surface area contributed by atoms with Crippen LogP contribution in [0.15, 0.2) is 24.3 Å². The molecular weight excluding hydrogens is 346 g/mol. The molecule has 0 fully saturated rings. The fourth-order valence-electron chi connectivity index (χ4n) is 3.52. The molecule has 2 atom stereocenters. The fourth-order valence-corrected chi connectivity index (χ4v) is 3.52. The van der Waals surface area contributed by atoms with Crippen molar-refractivity contribution in [3.05, 3.63) is 35.4 Å². The van der Waals surface area contributed by atoms with Crippen molar-refractivity contribution in [2.75, 3.05) is 20.6 Å². The summed E-state index contributed by atoms with van der Waals surface area (Å²) in [5, 5.41) is 10.1. The second-order valence-corrected chi connectivity index (χ2v) is 7.25. The van der Waals surface area contributed by atoms with E-state index in [-0.39, 0.29) is 18.4 Å². The molecular formula is C20H29N3O4. The van der Waals surface area contributed by atoms with Crippen molar-refractivity contribution in [2.24, 2.45) is 5.92 Å². The molecule has 7 nitrogen and oxygen atoms in total. The lowest BCUT2D eigenvalue weighted by Crippen LogP contribution is -2.54. The maximum Gasteiger partial charge on any atom is 0.245 e. The van der Waals surface area contributed by atoms with E-state index < -0.39 is 12.0 Å². The molecule has 1 N–H and O–H groups in total. The summed E-state index contributed by atoms with van der Waals surface area (Å²) in [5.74, 6) is -0.856. The van der Waals surface area contributed by atoms with Crippen LogP contribution >= 0.6 is 0 Å². The first kappa shape index (κ1) is 20.9. The van der Waals surface area contributed by atoms with Crippen molar-refractivity contribution in [2.45, 2.75) is 45.2 Å². The van der Waals surface area contributed by atoms with Crippen LogP contribution in [0.25, 0.3) is 0 Å². The molecule has 27 heavy (non-hydrogen) atoms. The summed E-state index contributed by atoms with van der Waals surface area (Å²) in [6.45, 7) is 2.31. The number of fused-ring (bicyclic) bond motifs is 1. The van der Waals surface area contributed by atoms with Gasteiger partial charge in [0.2, 0.25) is 18.2 Å². The Balaban J connectivity index is 2.32. The predicted octanol–water partition coefficient (Wildman–Crippen LogP) is 1.68. The lowest BCUT2D eigenvalue weighted by Gasteiger charge is -2.39. The van der Waals surface area contributed by atoms with Crippen LogP contribution in [0.2, 0.25) is 0 Å². The molecule has 1 aliphatic heterocycles. The number of unbranched alkanes of at least 4 members (excludes halogenated alkanes) is 1. The van der Waals surface area contributed by atoms with E-state index in [0.717, 1.165) is 24.0 Å². The van der Waals surface area contributed by atoms with E-state index in [1.165, 1.54) is 4.90 Å². The van der Waals surface area contributed by atoms with Crippen molar-refractivity contribution >= 4 is 18.2 Å². The number of hydrogen-bond donors (Lipinski definition) is 1. The quantitative estimate of drug-likeness (QED) is 0.426. The third-order valence-corrected chi connectivity index (χ3v) is 5.04. The van der Waals surface area contributed by atoms with Crippen LogP contribution < -0.4 is 0 Å². The van der Waals surface area contributed by atoms with E-state index in [1.807, 2.05) is 31.2 Å². The topological polar surface area (TPSA) is 81.2 Å². The Labute approximate surface area is 160 Å². The van der Waals surface area contributed by atoms with Gasteiger partial charge in [0, 0.05) is 27.1 Å². The summed E-state index contributed by atoms with van der Waals surface area (Å²) < 4.78 is 0. The molecule has 0 aromatic heterocycles. The standard InChI is InChI=1S/C20H29N3O4/c1-4-5-8-17(12-22(27)14-24)19(25)23-13-16-10-7-6-9-15(16)11-18(23)20(26)21(2)3/h6-7,9-10,14,17-18,27H,4-5,8,11-13H2,1-3H3. The molecule has 0 aliphatic carbocycles. The Bertz CT molecular complexity index is 677. The van der Waals surface area contributed by atoms with Gasteiger partial charge in [-0.2, -0.15) is 0 Å².